The molecule has 0 radical (unpaired) electrons. The third-order valence-electron chi connectivity index (χ3n) is 3.22. The monoisotopic (exact) mass is 342 g/mol. The van der Waals surface area contributed by atoms with Gasteiger partial charge in [-0.05, 0) is 46.7 Å². The van der Waals surface area contributed by atoms with Crippen molar-refractivity contribution in [2.24, 2.45) is 5.10 Å². The summed E-state index contributed by atoms with van der Waals surface area (Å²) in [6, 6.07) is 11.5. The number of tetrazole rings is 1. The molecule has 0 saturated carbocycles. The van der Waals surface area contributed by atoms with Gasteiger partial charge < -0.3 is 9.47 Å². The zero-order chi connectivity index (χ0) is 17.5. The van der Waals surface area contributed by atoms with Gasteiger partial charge in [0.25, 0.3) is 5.95 Å². The molecule has 8 nitrogen and oxygen atoms in total. The molecule has 25 heavy (non-hydrogen) atoms. The van der Waals surface area contributed by atoms with Crippen molar-refractivity contribution in [3.05, 3.63) is 59.4 Å². The number of aromatic nitrogens is 4. The fraction of sp³-hybridized carbons (Fsp3) is 0.125. The smallest absolute Gasteiger partial charge is 0.283 e. The number of hydrazone groups is 1. The Bertz CT molecular complexity index is 836. The van der Waals surface area contributed by atoms with Gasteiger partial charge in [-0.2, -0.15) is 10.3 Å². The molecular weight excluding hydrogens is 327 g/mol. The Kier molecular flexibility index (Phi) is 5.15. The van der Waals surface area contributed by atoms with Crippen LogP contribution in [0.2, 0.25) is 0 Å². The molecule has 0 unspecified atom stereocenters. The van der Waals surface area contributed by atoms with Crippen LogP contribution in [0.3, 0.4) is 0 Å². The van der Waals surface area contributed by atoms with Crippen molar-refractivity contribution in [3.8, 4) is 11.5 Å². The Balaban J connectivity index is 1.64. The molecule has 0 aliphatic heterocycles. The van der Waals surface area contributed by atoms with Gasteiger partial charge in [-0.1, -0.05) is 17.2 Å². The highest BCUT2D eigenvalue weighted by molar-refractivity contribution is 5.81. The van der Waals surface area contributed by atoms with Gasteiger partial charge in [0.2, 0.25) is 0 Å². The summed E-state index contributed by atoms with van der Waals surface area (Å²) in [6.07, 6.45) is 1.59. The van der Waals surface area contributed by atoms with Crippen LogP contribution in [0, 0.1) is 5.82 Å². The Morgan fingerprint density at radius 3 is 2.76 bits per heavy atom. The molecule has 9 heteroatoms. The maximum Gasteiger partial charge on any atom is 0.283 e. The van der Waals surface area contributed by atoms with E-state index in [0.717, 1.165) is 11.1 Å². The van der Waals surface area contributed by atoms with E-state index in [-0.39, 0.29) is 11.8 Å². The van der Waals surface area contributed by atoms with E-state index in [1.807, 2.05) is 6.07 Å². The van der Waals surface area contributed by atoms with E-state index >= 15 is 0 Å². The van der Waals surface area contributed by atoms with Crippen molar-refractivity contribution >= 4 is 12.2 Å². The van der Waals surface area contributed by atoms with Crippen molar-refractivity contribution in [1.82, 2.24) is 20.6 Å². The fourth-order valence-electron chi connectivity index (χ4n) is 2.00. The summed E-state index contributed by atoms with van der Waals surface area (Å²) in [7, 11) is 1.55. The van der Waals surface area contributed by atoms with Crippen LogP contribution in [-0.2, 0) is 6.61 Å². The number of hydrogen-bond donors (Lipinski definition) is 2. The minimum atomic E-state index is -0.278. The quantitative estimate of drug-likeness (QED) is 0.505. The minimum Gasteiger partial charge on any atom is -0.493 e. The van der Waals surface area contributed by atoms with Crippen molar-refractivity contribution < 1.29 is 13.9 Å². The highest BCUT2D eigenvalue weighted by Gasteiger charge is 2.06. The highest BCUT2D eigenvalue weighted by Crippen LogP contribution is 2.28. The number of rotatable bonds is 7. The fourth-order valence-corrected chi connectivity index (χ4v) is 2.00. The molecule has 0 aliphatic carbocycles. The third kappa shape index (κ3) is 4.50. The molecule has 0 aliphatic rings. The molecule has 0 atom stereocenters. The number of benzene rings is 2. The second kappa shape index (κ2) is 7.86. The standard InChI is InChI=1S/C16H15FN6O2/c1-24-15-8-12(9-18-19-16-20-22-23-21-16)4-7-14(15)25-10-11-2-5-13(17)6-3-11/h2-9H,10H2,1H3,(H2,19,20,21,22,23). The summed E-state index contributed by atoms with van der Waals surface area (Å²) in [4.78, 5) is 0. The first kappa shape index (κ1) is 16.4. The summed E-state index contributed by atoms with van der Waals surface area (Å²) in [5.41, 5.74) is 4.28. The lowest BCUT2D eigenvalue weighted by Crippen LogP contribution is -1.99. The molecular formula is C16H15FN6O2. The molecule has 128 valence electrons. The number of anilines is 1. The number of nitrogens with one attached hydrogen (secondary N) is 2. The molecule has 0 spiro atoms. The van der Waals surface area contributed by atoms with Crippen LogP contribution >= 0.6 is 0 Å². The van der Waals surface area contributed by atoms with E-state index in [2.05, 4.69) is 31.2 Å². The molecule has 0 amide bonds. The number of hydrogen-bond acceptors (Lipinski definition) is 7. The van der Waals surface area contributed by atoms with E-state index in [4.69, 9.17) is 9.47 Å². The predicted octanol–water partition coefficient (Wildman–Crippen LogP) is 2.37. The van der Waals surface area contributed by atoms with Crippen LogP contribution in [0.5, 0.6) is 11.5 Å². The zero-order valence-corrected chi connectivity index (χ0v) is 13.3. The summed E-state index contributed by atoms with van der Waals surface area (Å²) in [5, 5.41) is 17.1. The zero-order valence-electron chi connectivity index (χ0n) is 13.3. The maximum absolute atomic E-state index is 12.9. The molecule has 0 fully saturated rings. The Labute approximate surface area is 142 Å². The summed E-state index contributed by atoms with van der Waals surface area (Å²) in [6.45, 7) is 0.309. The lowest BCUT2D eigenvalue weighted by molar-refractivity contribution is 0.284. The van der Waals surface area contributed by atoms with E-state index in [0.29, 0.717) is 18.1 Å². The lowest BCUT2D eigenvalue weighted by atomic mass is 10.2. The molecule has 3 aromatic rings. The average molecular weight is 342 g/mol. The lowest BCUT2D eigenvalue weighted by Gasteiger charge is -2.11. The topological polar surface area (TPSA) is 97.3 Å². The molecule has 2 N–H and O–H groups in total. The first-order chi connectivity index (χ1) is 12.2. The molecule has 2 aromatic carbocycles. The Morgan fingerprint density at radius 2 is 2.04 bits per heavy atom. The number of methoxy groups -OCH3 is 1. The van der Waals surface area contributed by atoms with Gasteiger partial charge in [0.1, 0.15) is 12.4 Å². The van der Waals surface area contributed by atoms with Crippen LogP contribution in [0.4, 0.5) is 10.3 Å². The van der Waals surface area contributed by atoms with Crippen molar-refractivity contribution in [2.45, 2.75) is 6.61 Å². The predicted molar refractivity (Wildman–Crippen MR) is 89.1 cm³/mol. The SMILES string of the molecule is COc1cc(C=NNc2nn[nH]n2)ccc1OCc1ccc(F)cc1. The normalized spacial score (nSPS) is 10.8. The van der Waals surface area contributed by atoms with Gasteiger partial charge in [-0.25, -0.2) is 9.82 Å². The van der Waals surface area contributed by atoms with Gasteiger partial charge in [0.15, 0.2) is 11.5 Å². The maximum atomic E-state index is 12.9. The van der Waals surface area contributed by atoms with Crippen LogP contribution in [-0.4, -0.2) is 33.9 Å². The van der Waals surface area contributed by atoms with Crippen LogP contribution in [0.25, 0.3) is 0 Å². The van der Waals surface area contributed by atoms with Crippen LogP contribution < -0.4 is 14.9 Å². The van der Waals surface area contributed by atoms with Crippen molar-refractivity contribution in [2.75, 3.05) is 12.5 Å². The summed E-state index contributed by atoms with van der Waals surface area (Å²) in [5.74, 6) is 1.13. The second-order valence-corrected chi connectivity index (χ2v) is 4.93. The van der Waals surface area contributed by atoms with Gasteiger partial charge >= 0.3 is 0 Å². The molecule has 1 aromatic heterocycles. The van der Waals surface area contributed by atoms with E-state index < -0.39 is 0 Å². The van der Waals surface area contributed by atoms with Crippen molar-refractivity contribution in [3.63, 3.8) is 0 Å². The van der Waals surface area contributed by atoms with Gasteiger partial charge in [0, 0.05) is 0 Å². The third-order valence-corrected chi connectivity index (χ3v) is 3.22. The van der Waals surface area contributed by atoms with Crippen LogP contribution in [0.15, 0.2) is 47.6 Å². The van der Waals surface area contributed by atoms with E-state index in [1.165, 1.54) is 12.1 Å². The molecule has 0 saturated heterocycles. The molecule has 3 rings (SSSR count). The number of halogens is 1. The van der Waals surface area contributed by atoms with Gasteiger partial charge in [-0.3, -0.25) is 0 Å². The second-order valence-electron chi connectivity index (χ2n) is 4.93. The Morgan fingerprint density at radius 1 is 1.20 bits per heavy atom. The summed E-state index contributed by atoms with van der Waals surface area (Å²) < 4.78 is 24.0. The van der Waals surface area contributed by atoms with Gasteiger partial charge in [0.05, 0.1) is 13.3 Å². The minimum absolute atomic E-state index is 0.266. The number of aromatic amines is 1. The largest absolute Gasteiger partial charge is 0.493 e. The number of H-pyrrole nitrogens is 1. The number of nitrogens with zero attached hydrogens (tertiary/aromatic N) is 4. The van der Waals surface area contributed by atoms with E-state index in [9.17, 15) is 4.39 Å². The first-order valence-electron chi connectivity index (χ1n) is 7.32. The van der Waals surface area contributed by atoms with E-state index in [1.54, 1.807) is 37.6 Å². The molecule has 0 bridgehead atoms. The van der Waals surface area contributed by atoms with Crippen LogP contribution in [0.1, 0.15) is 11.1 Å². The average Bonchev–Trinajstić information content (AvgIpc) is 3.15. The summed E-state index contributed by atoms with van der Waals surface area (Å²) >= 11 is 0. The molecule has 1 heterocycles. The van der Waals surface area contributed by atoms with Crippen molar-refractivity contribution in [1.29, 1.82) is 0 Å². The highest BCUT2D eigenvalue weighted by atomic mass is 19.1. The first-order valence-corrected chi connectivity index (χ1v) is 7.32. The Hall–Kier alpha value is -3.49. The number of ether oxygens (including phenoxy) is 2. The van der Waals surface area contributed by atoms with Gasteiger partial charge in [-0.15, -0.1) is 5.10 Å².